The zero-order chi connectivity index (χ0) is 14.0. The molecule has 0 amide bonds. The number of ether oxygens (including phenoxy) is 1. The first kappa shape index (κ1) is 13.5. The second-order valence-electron chi connectivity index (χ2n) is 4.42. The number of methoxy groups -OCH3 is 1. The molecule has 2 aromatic rings. The molecular formula is C15H16FNO2. The lowest BCUT2D eigenvalue weighted by Crippen LogP contribution is -2.06. The van der Waals surface area contributed by atoms with E-state index < -0.39 is 11.9 Å². The van der Waals surface area contributed by atoms with Gasteiger partial charge in [-0.05, 0) is 38.1 Å². The fraction of sp³-hybridized carbons (Fsp3) is 0.267. The van der Waals surface area contributed by atoms with Gasteiger partial charge in [0, 0.05) is 22.5 Å². The predicted molar refractivity (Wildman–Crippen MR) is 70.7 cm³/mol. The van der Waals surface area contributed by atoms with Gasteiger partial charge >= 0.3 is 0 Å². The molecule has 1 N–H and O–H groups in total. The molecule has 100 valence electrons. The van der Waals surface area contributed by atoms with E-state index in [1.165, 1.54) is 25.3 Å². The Kier molecular flexibility index (Phi) is 3.81. The molecule has 1 atom stereocenters. The molecule has 0 saturated carbocycles. The lowest BCUT2D eigenvalue weighted by Gasteiger charge is -2.17. The maximum absolute atomic E-state index is 13.3. The summed E-state index contributed by atoms with van der Waals surface area (Å²) < 4.78 is 18.5. The molecule has 0 bridgehead atoms. The molecule has 0 aliphatic carbocycles. The van der Waals surface area contributed by atoms with Crippen molar-refractivity contribution in [2.24, 2.45) is 0 Å². The first-order chi connectivity index (χ1) is 9.02. The molecule has 0 radical (unpaired) electrons. The summed E-state index contributed by atoms with van der Waals surface area (Å²) >= 11 is 0. The number of benzene rings is 1. The van der Waals surface area contributed by atoms with E-state index in [1.54, 1.807) is 6.07 Å². The minimum absolute atomic E-state index is 0.399. The van der Waals surface area contributed by atoms with Crippen molar-refractivity contribution in [2.75, 3.05) is 7.11 Å². The zero-order valence-corrected chi connectivity index (χ0v) is 11.1. The van der Waals surface area contributed by atoms with Crippen LogP contribution in [0.4, 0.5) is 4.39 Å². The predicted octanol–water partition coefficient (Wildman–Crippen LogP) is 2.93. The second kappa shape index (κ2) is 5.36. The molecule has 1 unspecified atom stereocenters. The van der Waals surface area contributed by atoms with Crippen molar-refractivity contribution in [3.05, 3.63) is 58.7 Å². The van der Waals surface area contributed by atoms with Crippen molar-refractivity contribution in [3.8, 4) is 5.75 Å². The molecule has 1 aromatic heterocycles. The van der Waals surface area contributed by atoms with Gasteiger partial charge < -0.3 is 9.84 Å². The second-order valence-corrected chi connectivity index (χ2v) is 4.42. The van der Waals surface area contributed by atoms with Crippen molar-refractivity contribution >= 4 is 0 Å². The van der Waals surface area contributed by atoms with Gasteiger partial charge in [-0.15, -0.1) is 0 Å². The third-order valence-corrected chi connectivity index (χ3v) is 3.05. The zero-order valence-electron chi connectivity index (χ0n) is 11.1. The summed E-state index contributed by atoms with van der Waals surface area (Å²) in [5.74, 6) is 0.0430. The number of aliphatic hydroxyl groups is 1. The Morgan fingerprint density at radius 1 is 1.16 bits per heavy atom. The van der Waals surface area contributed by atoms with Crippen LogP contribution >= 0.6 is 0 Å². The van der Waals surface area contributed by atoms with Gasteiger partial charge in [0.2, 0.25) is 0 Å². The summed E-state index contributed by atoms with van der Waals surface area (Å²) in [5.41, 5.74) is 2.64. The van der Waals surface area contributed by atoms with Crippen LogP contribution in [0.5, 0.6) is 5.75 Å². The smallest absolute Gasteiger partial charge is 0.125 e. The van der Waals surface area contributed by atoms with E-state index in [2.05, 4.69) is 4.98 Å². The van der Waals surface area contributed by atoms with Gasteiger partial charge in [0.15, 0.2) is 0 Å². The fourth-order valence-electron chi connectivity index (χ4n) is 2.07. The molecule has 19 heavy (non-hydrogen) atoms. The average Bonchev–Trinajstić information content (AvgIpc) is 2.38. The Balaban J connectivity index is 2.49. The topological polar surface area (TPSA) is 42.4 Å². The van der Waals surface area contributed by atoms with Crippen molar-refractivity contribution in [2.45, 2.75) is 20.0 Å². The highest BCUT2D eigenvalue weighted by Gasteiger charge is 2.18. The number of aryl methyl sites for hydroxylation is 2. The van der Waals surface area contributed by atoms with E-state index in [4.69, 9.17) is 4.74 Å². The van der Waals surface area contributed by atoms with E-state index >= 15 is 0 Å². The normalized spacial score (nSPS) is 12.3. The fourth-order valence-corrected chi connectivity index (χ4v) is 2.07. The Hall–Kier alpha value is -1.94. The molecule has 0 aliphatic heterocycles. The van der Waals surface area contributed by atoms with Gasteiger partial charge in [-0.3, -0.25) is 4.98 Å². The molecule has 0 fully saturated rings. The van der Waals surface area contributed by atoms with Crippen LogP contribution in [0.1, 0.15) is 28.6 Å². The highest BCUT2D eigenvalue weighted by molar-refractivity contribution is 5.41. The van der Waals surface area contributed by atoms with Crippen LogP contribution < -0.4 is 4.74 Å². The number of pyridine rings is 1. The summed E-state index contributed by atoms with van der Waals surface area (Å²) in [5, 5.41) is 10.4. The molecule has 0 spiro atoms. The molecule has 1 heterocycles. The van der Waals surface area contributed by atoms with E-state index in [9.17, 15) is 9.50 Å². The lowest BCUT2D eigenvalue weighted by molar-refractivity contribution is 0.213. The summed E-state index contributed by atoms with van der Waals surface area (Å²) in [7, 11) is 1.49. The maximum atomic E-state index is 13.3. The van der Waals surface area contributed by atoms with Gasteiger partial charge in [-0.1, -0.05) is 6.07 Å². The van der Waals surface area contributed by atoms with Gasteiger partial charge in [0.25, 0.3) is 0 Å². The van der Waals surface area contributed by atoms with Gasteiger partial charge in [-0.2, -0.15) is 0 Å². The van der Waals surface area contributed by atoms with Gasteiger partial charge in [0.05, 0.1) is 7.11 Å². The summed E-state index contributed by atoms with van der Waals surface area (Å²) in [6, 6.07) is 7.70. The van der Waals surface area contributed by atoms with E-state index in [1.807, 2.05) is 19.9 Å². The number of rotatable bonds is 3. The van der Waals surface area contributed by atoms with Crippen LogP contribution in [-0.4, -0.2) is 17.2 Å². The molecule has 1 aromatic carbocycles. The van der Waals surface area contributed by atoms with E-state index in [-0.39, 0.29) is 0 Å². The summed E-state index contributed by atoms with van der Waals surface area (Å²) in [4.78, 5) is 4.30. The molecule has 3 nitrogen and oxygen atoms in total. The number of hydrogen-bond donors (Lipinski definition) is 1. The number of nitrogens with zero attached hydrogens (tertiary/aromatic N) is 1. The summed E-state index contributed by atoms with van der Waals surface area (Å²) in [6.07, 6.45) is -0.959. The third kappa shape index (κ3) is 2.74. The van der Waals surface area contributed by atoms with Crippen LogP contribution in [0.15, 0.2) is 30.3 Å². The van der Waals surface area contributed by atoms with Crippen molar-refractivity contribution < 1.29 is 14.2 Å². The van der Waals surface area contributed by atoms with E-state index in [0.717, 1.165) is 11.4 Å². The lowest BCUT2D eigenvalue weighted by atomic mass is 9.99. The van der Waals surface area contributed by atoms with Crippen molar-refractivity contribution in [3.63, 3.8) is 0 Å². The number of aromatic nitrogens is 1. The van der Waals surface area contributed by atoms with Crippen LogP contribution in [0.3, 0.4) is 0 Å². The van der Waals surface area contributed by atoms with E-state index in [0.29, 0.717) is 16.9 Å². The van der Waals surface area contributed by atoms with Crippen molar-refractivity contribution in [1.82, 2.24) is 4.98 Å². The number of aliphatic hydroxyl groups excluding tert-OH is 1. The summed E-state index contributed by atoms with van der Waals surface area (Å²) in [6.45, 7) is 3.70. The van der Waals surface area contributed by atoms with Gasteiger partial charge in [0.1, 0.15) is 17.7 Å². The minimum Gasteiger partial charge on any atom is -0.496 e. The quantitative estimate of drug-likeness (QED) is 0.923. The Morgan fingerprint density at radius 2 is 1.89 bits per heavy atom. The molecular weight excluding hydrogens is 245 g/mol. The maximum Gasteiger partial charge on any atom is 0.125 e. The van der Waals surface area contributed by atoms with Crippen LogP contribution in [0.25, 0.3) is 0 Å². The number of hydrogen-bond acceptors (Lipinski definition) is 3. The minimum atomic E-state index is -0.959. The average molecular weight is 261 g/mol. The van der Waals surface area contributed by atoms with Crippen LogP contribution in [0, 0.1) is 19.7 Å². The number of halogens is 1. The first-order valence-electron chi connectivity index (χ1n) is 5.98. The largest absolute Gasteiger partial charge is 0.496 e. The Morgan fingerprint density at radius 3 is 2.53 bits per heavy atom. The van der Waals surface area contributed by atoms with Crippen LogP contribution in [-0.2, 0) is 0 Å². The molecule has 0 aliphatic rings. The molecule has 4 heteroatoms. The van der Waals surface area contributed by atoms with Crippen LogP contribution in [0.2, 0.25) is 0 Å². The first-order valence-corrected chi connectivity index (χ1v) is 5.98. The molecule has 2 rings (SSSR count). The SMILES string of the molecule is COc1ccc(F)cc1C(O)c1ccc(C)nc1C. The van der Waals surface area contributed by atoms with Gasteiger partial charge in [-0.25, -0.2) is 4.39 Å². The monoisotopic (exact) mass is 261 g/mol. The highest BCUT2D eigenvalue weighted by atomic mass is 19.1. The third-order valence-electron chi connectivity index (χ3n) is 3.05. The Labute approximate surface area is 111 Å². The van der Waals surface area contributed by atoms with Crippen molar-refractivity contribution in [1.29, 1.82) is 0 Å². The standard InChI is InChI=1S/C15H16FNO2/c1-9-4-6-12(10(2)17-9)15(18)13-8-11(16)5-7-14(13)19-3/h4-8,15,18H,1-3H3. The Bertz CT molecular complexity index is 599. The highest BCUT2D eigenvalue weighted by Crippen LogP contribution is 2.31. The molecule has 0 saturated heterocycles.